The highest BCUT2D eigenvalue weighted by atomic mass is 35.5. The minimum absolute atomic E-state index is 0.166. The molecule has 28 heavy (non-hydrogen) atoms. The lowest BCUT2D eigenvalue weighted by Crippen LogP contribution is -2.14. The highest BCUT2D eigenvalue weighted by Crippen LogP contribution is 2.30. The molecule has 0 spiro atoms. The minimum Gasteiger partial charge on any atom is -0.325 e. The molecule has 0 aliphatic rings. The van der Waals surface area contributed by atoms with Crippen molar-refractivity contribution in [2.75, 3.05) is 11.1 Å². The van der Waals surface area contributed by atoms with E-state index in [1.165, 1.54) is 11.8 Å². The van der Waals surface area contributed by atoms with Gasteiger partial charge in [-0.2, -0.15) is 0 Å². The van der Waals surface area contributed by atoms with Crippen LogP contribution in [-0.4, -0.2) is 26.4 Å². The topological polar surface area (TPSA) is 59.8 Å². The molecule has 2 aromatic carbocycles. The van der Waals surface area contributed by atoms with Gasteiger partial charge in [-0.1, -0.05) is 58.2 Å². The summed E-state index contributed by atoms with van der Waals surface area (Å²) in [5, 5.41) is 13.6. The van der Waals surface area contributed by atoms with Gasteiger partial charge < -0.3 is 9.88 Å². The molecule has 0 aliphatic heterocycles. The zero-order valence-electron chi connectivity index (χ0n) is 14.5. The Balaban J connectivity index is 1.70. The molecule has 1 N–H and O–H groups in total. The number of anilines is 1. The van der Waals surface area contributed by atoms with Crippen molar-refractivity contribution in [3.63, 3.8) is 0 Å². The second kappa shape index (κ2) is 9.37. The standard InChI is InChI=1S/C18H14Cl4N4OS/c1-2-26-17(10-3-5-12(19)14(21)7-10)24-25-18(26)28-9-16(27)23-11-4-6-13(20)15(22)8-11/h3-8H,2,9H2,1H3,(H,23,27). The summed E-state index contributed by atoms with van der Waals surface area (Å²) in [4.78, 5) is 12.2. The van der Waals surface area contributed by atoms with Gasteiger partial charge in [-0.25, -0.2) is 0 Å². The average Bonchev–Trinajstić information content (AvgIpc) is 3.08. The monoisotopic (exact) mass is 474 g/mol. The third-order valence-corrected chi connectivity index (χ3v) is 6.19. The third-order valence-electron chi connectivity index (χ3n) is 3.75. The molecule has 1 amide bonds. The highest BCUT2D eigenvalue weighted by Gasteiger charge is 2.15. The SMILES string of the molecule is CCn1c(SCC(=O)Nc2ccc(Cl)c(Cl)c2)nnc1-c1ccc(Cl)c(Cl)c1. The van der Waals surface area contributed by atoms with Crippen molar-refractivity contribution in [3.8, 4) is 11.4 Å². The maximum Gasteiger partial charge on any atom is 0.234 e. The third kappa shape index (κ3) is 4.93. The van der Waals surface area contributed by atoms with Crippen LogP contribution in [0.25, 0.3) is 11.4 Å². The first kappa shape index (κ1) is 21.3. The van der Waals surface area contributed by atoms with Crippen LogP contribution < -0.4 is 5.32 Å². The molecule has 0 bridgehead atoms. The van der Waals surface area contributed by atoms with Crippen LogP contribution in [0.4, 0.5) is 5.69 Å². The molecule has 0 saturated heterocycles. The Morgan fingerprint density at radius 1 is 1.00 bits per heavy atom. The van der Waals surface area contributed by atoms with Crippen LogP contribution in [0.2, 0.25) is 20.1 Å². The minimum atomic E-state index is -0.190. The summed E-state index contributed by atoms with van der Waals surface area (Å²) >= 11 is 25.2. The fourth-order valence-electron chi connectivity index (χ4n) is 2.43. The maximum absolute atomic E-state index is 12.2. The van der Waals surface area contributed by atoms with Gasteiger partial charge in [0.15, 0.2) is 11.0 Å². The second-order valence-corrected chi connectivity index (χ2v) is 8.22. The summed E-state index contributed by atoms with van der Waals surface area (Å²) in [6.45, 7) is 2.61. The zero-order chi connectivity index (χ0) is 20.3. The molecule has 0 aliphatic carbocycles. The van der Waals surface area contributed by atoms with Gasteiger partial charge in [0.05, 0.1) is 25.8 Å². The number of carbonyl (C=O) groups excluding carboxylic acids is 1. The van der Waals surface area contributed by atoms with E-state index in [1.54, 1.807) is 30.3 Å². The molecule has 146 valence electrons. The fraction of sp³-hybridized carbons (Fsp3) is 0.167. The van der Waals surface area contributed by atoms with Crippen LogP contribution in [0.15, 0.2) is 41.6 Å². The molecule has 0 saturated carbocycles. The lowest BCUT2D eigenvalue weighted by molar-refractivity contribution is -0.113. The van der Waals surface area contributed by atoms with Crippen LogP contribution in [0.1, 0.15) is 6.92 Å². The molecule has 5 nitrogen and oxygen atoms in total. The Kier molecular flexibility index (Phi) is 7.12. The highest BCUT2D eigenvalue weighted by molar-refractivity contribution is 7.99. The maximum atomic E-state index is 12.2. The largest absolute Gasteiger partial charge is 0.325 e. The lowest BCUT2D eigenvalue weighted by atomic mass is 10.2. The van der Waals surface area contributed by atoms with Gasteiger partial charge in [0.1, 0.15) is 0 Å². The first-order chi connectivity index (χ1) is 13.4. The zero-order valence-corrected chi connectivity index (χ0v) is 18.4. The first-order valence-electron chi connectivity index (χ1n) is 8.15. The molecule has 10 heteroatoms. The van der Waals surface area contributed by atoms with E-state index in [-0.39, 0.29) is 11.7 Å². The number of amides is 1. The Bertz CT molecular complexity index is 1020. The number of thioether (sulfide) groups is 1. The quantitative estimate of drug-likeness (QED) is 0.424. The van der Waals surface area contributed by atoms with E-state index in [0.717, 1.165) is 5.56 Å². The Labute approximate surface area is 186 Å². The van der Waals surface area contributed by atoms with Gasteiger partial charge in [0.25, 0.3) is 0 Å². The molecule has 0 radical (unpaired) electrons. The van der Waals surface area contributed by atoms with Crippen LogP contribution in [0.3, 0.4) is 0 Å². The van der Waals surface area contributed by atoms with Crippen molar-refractivity contribution in [1.29, 1.82) is 0 Å². The van der Waals surface area contributed by atoms with Crippen molar-refractivity contribution in [2.45, 2.75) is 18.6 Å². The molecular weight excluding hydrogens is 462 g/mol. The lowest BCUT2D eigenvalue weighted by Gasteiger charge is -2.09. The normalized spacial score (nSPS) is 10.9. The Morgan fingerprint density at radius 2 is 1.68 bits per heavy atom. The predicted octanol–water partition coefficient (Wildman–Crippen LogP) is 6.31. The number of benzene rings is 2. The number of hydrogen-bond acceptors (Lipinski definition) is 4. The molecule has 3 rings (SSSR count). The van der Waals surface area contributed by atoms with Gasteiger partial charge in [-0.15, -0.1) is 10.2 Å². The van der Waals surface area contributed by atoms with Gasteiger partial charge in [-0.3, -0.25) is 4.79 Å². The second-order valence-electron chi connectivity index (χ2n) is 5.65. The average molecular weight is 476 g/mol. The van der Waals surface area contributed by atoms with Crippen LogP contribution in [0.5, 0.6) is 0 Å². The number of hydrogen-bond donors (Lipinski definition) is 1. The van der Waals surface area contributed by atoms with Gasteiger partial charge in [0, 0.05) is 17.8 Å². The van der Waals surface area contributed by atoms with E-state index < -0.39 is 0 Å². The molecule has 3 aromatic rings. The Morgan fingerprint density at radius 3 is 2.32 bits per heavy atom. The van der Waals surface area contributed by atoms with Crippen molar-refractivity contribution in [2.24, 2.45) is 0 Å². The molecule has 0 fully saturated rings. The summed E-state index contributed by atoms with van der Waals surface area (Å²) in [5.74, 6) is 0.637. The summed E-state index contributed by atoms with van der Waals surface area (Å²) in [7, 11) is 0. The van der Waals surface area contributed by atoms with E-state index in [0.29, 0.717) is 43.3 Å². The summed E-state index contributed by atoms with van der Waals surface area (Å²) in [5.41, 5.74) is 1.38. The molecule has 0 atom stereocenters. The molecule has 1 heterocycles. The number of carbonyl (C=O) groups is 1. The van der Waals surface area contributed by atoms with E-state index in [9.17, 15) is 4.79 Å². The van der Waals surface area contributed by atoms with Crippen LogP contribution in [0, 0.1) is 0 Å². The van der Waals surface area contributed by atoms with E-state index in [1.807, 2.05) is 17.6 Å². The number of halogens is 4. The van der Waals surface area contributed by atoms with Crippen molar-refractivity contribution in [1.82, 2.24) is 14.8 Å². The predicted molar refractivity (Wildman–Crippen MR) is 117 cm³/mol. The molecular formula is C18H14Cl4N4OS. The van der Waals surface area contributed by atoms with E-state index >= 15 is 0 Å². The van der Waals surface area contributed by atoms with E-state index in [4.69, 9.17) is 46.4 Å². The van der Waals surface area contributed by atoms with Crippen molar-refractivity contribution >= 4 is 69.8 Å². The number of rotatable bonds is 6. The smallest absolute Gasteiger partial charge is 0.234 e. The van der Waals surface area contributed by atoms with Crippen LogP contribution in [-0.2, 0) is 11.3 Å². The Hall–Kier alpha value is -1.44. The molecule has 1 aromatic heterocycles. The van der Waals surface area contributed by atoms with Crippen LogP contribution >= 0.6 is 58.2 Å². The van der Waals surface area contributed by atoms with Crippen molar-refractivity contribution in [3.05, 3.63) is 56.5 Å². The van der Waals surface area contributed by atoms with Gasteiger partial charge in [0.2, 0.25) is 5.91 Å². The molecule has 0 unspecified atom stereocenters. The summed E-state index contributed by atoms with van der Waals surface area (Å²) in [6, 6.07) is 10.2. The van der Waals surface area contributed by atoms with Gasteiger partial charge >= 0.3 is 0 Å². The number of nitrogens with one attached hydrogen (secondary N) is 1. The number of nitrogens with zero attached hydrogens (tertiary/aromatic N) is 3. The van der Waals surface area contributed by atoms with Gasteiger partial charge in [-0.05, 0) is 43.3 Å². The number of aromatic nitrogens is 3. The summed E-state index contributed by atoms with van der Waals surface area (Å²) in [6.07, 6.45) is 0. The fourth-order valence-corrected chi connectivity index (χ4v) is 3.83. The summed E-state index contributed by atoms with van der Waals surface area (Å²) < 4.78 is 1.91. The first-order valence-corrected chi connectivity index (χ1v) is 10.6. The van der Waals surface area contributed by atoms with E-state index in [2.05, 4.69) is 15.5 Å². The van der Waals surface area contributed by atoms with Crippen molar-refractivity contribution < 1.29 is 4.79 Å².